The fourth-order valence-electron chi connectivity index (χ4n) is 1.85. The molecule has 1 aromatic heterocycles. The van der Waals surface area contributed by atoms with Crippen molar-refractivity contribution in [1.29, 1.82) is 0 Å². The molecule has 14 nitrogen and oxygen atoms in total. The predicted molar refractivity (Wildman–Crippen MR) is 97.8 cm³/mol. The van der Waals surface area contributed by atoms with Gasteiger partial charge < -0.3 is 34.4 Å². The number of carbonyl (C=O) groups is 2. The number of hydrogen-bond donors (Lipinski definition) is 4. The van der Waals surface area contributed by atoms with Gasteiger partial charge in [0.2, 0.25) is 5.91 Å². The number of H-pyrrole nitrogens is 1. The fourth-order valence-corrected chi connectivity index (χ4v) is 1.85. The molecule has 1 rings (SSSR count). The molecule has 0 aliphatic heterocycles. The lowest BCUT2D eigenvalue weighted by molar-refractivity contribution is -0.389. The molecule has 0 spiro atoms. The molecule has 14 heteroatoms. The smallest absolute Gasteiger partial charge is 0.343 e. The Morgan fingerprint density at radius 2 is 1.59 bits per heavy atom. The first-order chi connectivity index (χ1) is 14.0. The van der Waals surface area contributed by atoms with Crippen LogP contribution in [0.2, 0.25) is 0 Å². The monoisotopic (exact) mass is 418 g/mol. The number of aromatic nitrogens is 2. The predicted octanol–water partition coefficient (Wildman–Crippen LogP) is -1.51. The van der Waals surface area contributed by atoms with Crippen molar-refractivity contribution in [1.82, 2.24) is 20.9 Å². The van der Waals surface area contributed by atoms with Crippen LogP contribution in [0, 0.1) is 10.1 Å². The van der Waals surface area contributed by atoms with Gasteiger partial charge in [0.1, 0.15) is 0 Å². The highest BCUT2D eigenvalue weighted by molar-refractivity contribution is 5.92. The minimum atomic E-state index is -0.669. The number of hydrazine groups is 1. The van der Waals surface area contributed by atoms with E-state index in [1.807, 2.05) is 5.43 Å². The van der Waals surface area contributed by atoms with E-state index in [-0.39, 0.29) is 43.6 Å². The lowest BCUT2D eigenvalue weighted by atomic mass is 10.4. The molecule has 0 saturated heterocycles. The van der Waals surface area contributed by atoms with Gasteiger partial charge in [0.05, 0.1) is 65.3 Å². The molecule has 2 amide bonds. The second-order valence-corrected chi connectivity index (χ2v) is 5.42. The van der Waals surface area contributed by atoms with E-state index in [1.54, 1.807) is 0 Å². The van der Waals surface area contributed by atoms with Crippen LogP contribution in [0.4, 0.5) is 5.82 Å². The molecule has 0 aromatic carbocycles. The summed E-state index contributed by atoms with van der Waals surface area (Å²) in [5.74, 6) is 3.76. The summed E-state index contributed by atoms with van der Waals surface area (Å²) >= 11 is 0. The number of nitrogens with zero attached hydrogens (tertiary/aromatic N) is 2. The Labute approximate surface area is 166 Å². The highest BCUT2D eigenvalue weighted by Gasteiger charge is 2.15. The van der Waals surface area contributed by atoms with E-state index in [0.717, 1.165) is 6.07 Å². The van der Waals surface area contributed by atoms with E-state index < -0.39 is 10.8 Å². The van der Waals surface area contributed by atoms with Gasteiger partial charge in [0.15, 0.2) is 5.69 Å². The van der Waals surface area contributed by atoms with Gasteiger partial charge in [-0.05, 0) is 4.92 Å². The van der Waals surface area contributed by atoms with Crippen LogP contribution in [0.5, 0.6) is 0 Å². The van der Waals surface area contributed by atoms with Crippen molar-refractivity contribution >= 4 is 17.6 Å². The minimum absolute atomic E-state index is 0.0634. The Kier molecular flexibility index (Phi) is 12.9. The van der Waals surface area contributed by atoms with Crippen LogP contribution < -0.4 is 16.6 Å². The van der Waals surface area contributed by atoms with Gasteiger partial charge in [-0.1, -0.05) is 5.10 Å². The summed E-state index contributed by atoms with van der Waals surface area (Å²) in [4.78, 5) is 32.4. The van der Waals surface area contributed by atoms with Gasteiger partial charge >= 0.3 is 5.82 Å². The first-order valence-corrected chi connectivity index (χ1v) is 8.83. The van der Waals surface area contributed by atoms with E-state index in [1.165, 1.54) is 0 Å². The Hall–Kier alpha value is -2.65. The number of carbonyl (C=O) groups excluding carboxylic acids is 2. The first kappa shape index (κ1) is 24.4. The number of hydrogen-bond acceptors (Lipinski definition) is 10. The molecule has 0 unspecified atom stereocenters. The standard InChI is InChI=1S/C15H26N6O8/c16-18-14(22)1-3-26-5-7-28-9-10-29-8-6-27-4-2-17-15(23)12-11-13(20-19-12)21(24)25/h11H,1-10,16H2,(H,17,23)(H,18,22)(H,19,20). The van der Waals surface area contributed by atoms with Crippen molar-refractivity contribution in [3.63, 3.8) is 0 Å². The SMILES string of the molecule is NNC(=O)CCOCCOCCOCCOCCNC(=O)c1cc([N+](=O)[O-])[nH]n1. The molecule has 0 saturated carbocycles. The van der Waals surface area contributed by atoms with E-state index >= 15 is 0 Å². The average molecular weight is 418 g/mol. The molecule has 0 fully saturated rings. The quantitative estimate of drug-likeness (QED) is 0.0760. The molecule has 5 N–H and O–H groups in total. The van der Waals surface area contributed by atoms with Gasteiger partial charge in [0.25, 0.3) is 5.91 Å². The van der Waals surface area contributed by atoms with Crippen LogP contribution >= 0.6 is 0 Å². The van der Waals surface area contributed by atoms with E-state index in [2.05, 4.69) is 15.5 Å². The maximum absolute atomic E-state index is 11.7. The number of aromatic amines is 1. The van der Waals surface area contributed by atoms with Gasteiger partial charge in [-0.3, -0.25) is 15.0 Å². The largest absolute Gasteiger partial charge is 0.379 e. The summed E-state index contributed by atoms with van der Waals surface area (Å²) in [6, 6.07) is 1.05. The molecule has 0 radical (unpaired) electrons. The zero-order chi connectivity index (χ0) is 21.3. The zero-order valence-corrected chi connectivity index (χ0v) is 15.9. The van der Waals surface area contributed by atoms with Crippen molar-refractivity contribution in [3.8, 4) is 0 Å². The number of nitro groups is 1. The maximum atomic E-state index is 11.7. The lowest BCUT2D eigenvalue weighted by Gasteiger charge is -2.07. The molecular weight excluding hydrogens is 392 g/mol. The van der Waals surface area contributed by atoms with Gasteiger partial charge in [-0.15, -0.1) is 5.10 Å². The normalized spacial score (nSPS) is 10.7. The first-order valence-electron chi connectivity index (χ1n) is 8.83. The van der Waals surface area contributed by atoms with Crippen molar-refractivity contribution in [2.45, 2.75) is 6.42 Å². The van der Waals surface area contributed by atoms with Gasteiger partial charge in [-0.2, -0.15) is 0 Å². The van der Waals surface area contributed by atoms with Crippen LogP contribution in [-0.2, 0) is 23.7 Å². The topological polar surface area (TPSA) is 193 Å². The summed E-state index contributed by atoms with van der Waals surface area (Å²) in [6.45, 7) is 3.05. The van der Waals surface area contributed by atoms with Crippen LogP contribution in [0.3, 0.4) is 0 Å². The molecule has 164 valence electrons. The van der Waals surface area contributed by atoms with Crippen LogP contribution in [0.15, 0.2) is 6.07 Å². The zero-order valence-electron chi connectivity index (χ0n) is 15.9. The van der Waals surface area contributed by atoms with Crippen molar-refractivity contribution < 1.29 is 33.5 Å². The van der Waals surface area contributed by atoms with Crippen molar-refractivity contribution in [3.05, 3.63) is 21.9 Å². The molecule has 0 aliphatic rings. The molecule has 29 heavy (non-hydrogen) atoms. The third-order valence-corrected chi connectivity index (χ3v) is 3.28. The number of rotatable bonds is 17. The van der Waals surface area contributed by atoms with Crippen molar-refractivity contribution in [2.75, 3.05) is 59.4 Å². The minimum Gasteiger partial charge on any atom is -0.379 e. The molecule has 1 heterocycles. The average Bonchev–Trinajstić information content (AvgIpc) is 3.21. The highest BCUT2D eigenvalue weighted by Crippen LogP contribution is 2.07. The summed E-state index contributed by atoms with van der Waals surface area (Å²) in [7, 11) is 0. The van der Waals surface area contributed by atoms with E-state index in [0.29, 0.717) is 39.6 Å². The number of ether oxygens (including phenoxy) is 4. The summed E-state index contributed by atoms with van der Waals surface area (Å²) in [5, 5.41) is 18.7. The van der Waals surface area contributed by atoms with Crippen LogP contribution in [0.1, 0.15) is 16.9 Å². The number of nitrogens with two attached hydrogens (primary N) is 1. The second-order valence-electron chi connectivity index (χ2n) is 5.42. The Balaban J connectivity index is 1.84. The Morgan fingerprint density at radius 1 is 1.03 bits per heavy atom. The molecule has 1 aromatic rings. The van der Waals surface area contributed by atoms with Crippen molar-refractivity contribution in [2.24, 2.45) is 5.84 Å². The highest BCUT2D eigenvalue weighted by atomic mass is 16.6. The number of nitrogens with one attached hydrogen (secondary N) is 3. The maximum Gasteiger partial charge on any atom is 0.343 e. The van der Waals surface area contributed by atoms with Crippen LogP contribution in [-0.4, -0.2) is 86.3 Å². The molecular formula is C15H26N6O8. The lowest BCUT2D eigenvalue weighted by Crippen LogP contribution is -2.30. The Morgan fingerprint density at radius 3 is 2.10 bits per heavy atom. The third kappa shape index (κ3) is 11.7. The van der Waals surface area contributed by atoms with Gasteiger partial charge in [-0.25, -0.2) is 5.84 Å². The summed E-state index contributed by atoms with van der Waals surface area (Å²) in [6.07, 6.45) is 0.203. The van der Waals surface area contributed by atoms with E-state index in [4.69, 9.17) is 24.8 Å². The van der Waals surface area contributed by atoms with E-state index in [9.17, 15) is 19.7 Å². The third-order valence-electron chi connectivity index (χ3n) is 3.28. The second kappa shape index (κ2) is 15.3. The van der Waals surface area contributed by atoms with Gasteiger partial charge in [0, 0.05) is 6.54 Å². The van der Waals surface area contributed by atoms with Crippen LogP contribution in [0.25, 0.3) is 0 Å². The molecule has 0 bridgehead atoms. The Bertz CT molecular complexity index is 626. The summed E-state index contributed by atoms with van der Waals surface area (Å²) in [5.41, 5.74) is 1.94. The fraction of sp³-hybridized carbons (Fsp3) is 0.667. The molecule has 0 aliphatic carbocycles. The molecule has 0 atom stereocenters. The number of amides is 2. The summed E-state index contributed by atoms with van der Waals surface area (Å²) < 4.78 is 21.1.